The van der Waals surface area contributed by atoms with E-state index in [2.05, 4.69) is 0 Å². The Morgan fingerprint density at radius 2 is 0.780 bits per heavy atom. The fourth-order valence-corrected chi connectivity index (χ4v) is 4.87. The second-order valence-corrected chi connectivity index (χ2v) is 9.54. The number of nitro benzene ring substituents is 1. The first-order valence-electron chi connectivity index (χ1n) is 12.6. The highest BCUT2D eigenvalue weighted by molar-refractivity contribution is 6.12. The lowest BCUT2D eigenvalue weighted by atomic mass is 9.95. The van der Waals surface area contributed by atoms with Gasteiger partial charge in [0.25, 0.3) is 0 Å². The van der Waals surface area contributed by atoms with Crippen molar-refractivity contribution < 1.29 is 48.8 Å². The molecule has 50 heavy (non-hydrogen) atoms. The van der Waals surface area contributed by atoms with E-state index in [9.17, 15) is 48.7 Å². The van der Waals surface area contributed by atoms with Crippen LogP contribution >= 0.6 is 0 Å². The fraction of sp³-hybridized carbons (Fsp3) is 0.0323. The monoisotopic (exact) mass is 695 g/mol. The molecule has 3 aromatic rings. The molecule has 0 heterocycles. The minimum Gasteiger partial charge on any atom is -0.258 e. The Hall–Kier alpha value is -7.48. The first-order chi connectivity index (χ1) is 23.5. The molecule has 0 amide bonds. The number of nitro groups is 1. The van der Waals surface area contributed by atoms with Gasteiger partial charge in [0, 0.05) is 22.3 Å². The number of rotatable bonds is 4. The number of hydrogen-bond acceptors (Lipinski definition) is 8. The predicted octanol–water partition coefficient (Wildman–Crippen LogP) is 7.15. The molecule has 244 valence electrons. The van der Waals surface area contributed by atoms with Gasteiger partial charge in [-0.05, 0) is 6.92 Å². The summed E-state index contributed by atoms with van der Waals surface area (Å²) in [5.74, 6) is -23.9. The van der Waals surface area contributed by atoms with Crippen molar-refractivity contribution in [2.75, 3.05) is 0 Å². The lowest BCUT2D eigenvalue weighted by Gasteiger charge is -2.09. The van der Waals surface area contributed by atoms with E-state index in [1.165, 1.54) is 0 Å². The fourth-order valence-electron chi connectivity index (χ4n) is 4.87. The van der Waals surface area contributed by atoms with Gasteiger partial charge in [0.2, 0.25) is 11.6 Å². The first-order valence-corrected chi connectivity index (χ1v) is 12.6. The quantitative estimate of drug-likeness (QED) is 0.0905. The Bertz CT molecular complexity index is 2490. The third-order valence-electron chi connectivity index (χ3n) is 7.16. The zero-order chi connectivity index (χ0) is 37.7. The zero-order valence-electron chi connectivity index (χ0n) is 23.7. The average Bonchev–Trinajstić information content (AvgIpc) is 3.80. The smallest absolute Gasteiger partial charge is 0.258 e. The van der Waals surface area contributed by atoms with Crippen molar-refractivity contribution in [2.45, 2.75) is 6.92 Å². The van der Waals surface area contributed by atoms with Crippen molar-refractivity contribution in [2.24, 2.45) is 0 Å². The topological polar surface area (TPSA) is 186 Å². The van der Waals surface area contributed by atoms with Crippen LogP contribution in [0.3, 0.4) is 0 Å². The molecule has 4 rings (SSSR count). The molecule has 0 aliphatic heterocycles. The standard InChI is InChI=1S/C31H3F10N7O2/c1-8-9(2-42)23(34)25(36)18(21(8)32)12(5-45)15-16(13(6-46)19-22(33)10(3-43)11(4-44)24(35)26(19)37)17(15)14(7-47)20-27(38)29(40)31(48(49)50)30(41)28(20)39/h1H3. The summed E-state index contributed by atoms with van der Waals surface area (Å²) in [4.78, 5) is 9.13. The van der Waals surface area contributed by atoms with E-state index in [0.717, 1.165) is 36.4 Å². The lowest BCUT2D eigenvalue weighted by Crippen LogP contribution is -2.08. The summed E-state index contributed by atoms with van der Waals surface area (Å²) in [6.45, 7) is 0.711. The number of nitrogens with zero attached hydrogens (tertiary/aromatic N) is 7. The zero-order valence-corrected chi connectivity index (χ0v) is 23.7. The van der Waals surface area contributed by atoms with Crippen LogP contribution in [0.1, 0.15) is 38.9 Å². The van der Waals surface area contributed by atoms with E-state index in [-0.39, 0.29) is 0 Å². The van der Waals surface area contributed by atoms with Crippen molar-refractivity contribution in [3.63, 3.8) is 0 Å². The molecule has 1 saturated carbocycles. The first kappa shape index (κ1) is 35.4. The average molecular weight is 695 g/mol. The predicted molar refractivity (Wildman–Crippen MR) is 142 cm³/mol. The van der Waals surface area contributed by atoms with Crippen molar-refractivity contribution in [1.82, 2.24) is 0 Å². The molecule has 3 aromatic carbocycles. The van der Waals surface area contributed by atoms with E-state index < -0.39 is 141 Å². The van der Waals surface area contributed by atoms with Gasteiger partial charge in [0.1, 0.15) is 53.4 Å². The van der Waals surface area contributed by atoms with E-state index >= 15 is 26.3 Å². The summed E-state index contributed by atoms with van der Waals surface area (Å²) < 4.78 is 151. The van der Waals surface area contributed by atoms with Gasteiger partial charge in [0.05, 0.1) is 43.9 Å². The Kier molecular flexibility index (Phi) is 8.92. The van der Waals surface area contributed by atoms with Gasteiger partial charge >= 0.3 is 5.69 Å². The summed E-state index contributed by atoms with van der Waals surface area (Å²) >= 11 is 0. The molecule has 0 bridgehead atoms. The highest BCUT2D eigenvalue weighted by Gasteiger charge is 2.46. The second kappa shape index (κ2) is 12.6. The van der Waals surface area contributed by atoms with Crippen molar-refractivity contribution in [3.8, 4) is 36.4 Å². The van der Waals surface area contributed by atoms with Crippen molar-refractivity contribution >= 4 is 22.4 Å². The van der Waals surface area contributed by atoms with Crippen LogP contribution in [0.5, 0.6) is 0 Å². The van der Waals surface area contributed by atoms with Gasteiger partial charge in [-0.15, -0.1) is 0 Å². The van der Waals surface area contributed by atoms with Gasteiger partial charge < -0.3 is 0 Å². The lowest BCUT2D eigenvalue weighted by molar-refractivity contribution is -0.390. The van der Waals surface area contributed by atoms with Gasteiger partial charge in [-0.25, -0.2) is 35.1 Å². The molecule has 0 N–H and O–H groups in total. The molecule has 0 saturated heterocycles. The second-order valence-electron chi connectivity index (χ2n) is 9.54. The van der Waals surface area contributed by atoms with Crippen LogP contribution in [0.4, 0.5) is 49.6 Å². The minimum absolute atomic E-state index is 0.711. The van der Waals surface area contributed by atoms with Gasteiger partial charge in [-0.2, -0.15) is 40.4 Å². The molecule has 0 atom stereocenters. The van der Waals surface area contributed by atoms with Crippen LogP contribution in [-0.4, -0.2) is 4.92 Å². The number of benzene rings is 3. The van der Waals surface area contributed by atoms with Crippen LogP contribution < -0.4 is 0 Å². The SMILES string of the molecule is Cc1c(F)c(C(C#N)=C2C(=C(C#N)c3c(F)c(F)c([N+](=O)[O-])c(F)c3F)C2=C(C#N)c2c(F)c(F)c(C#N)c(C#N)c2F)c(F)c(F)c1C#N. The largest absolute Gasteiger partial charge is 0.346 e. The molecule has 9 nitrogen and oxygen atoms in total. The summed E-state index contributed by atoms with van der Waals surface area (Å²) in [5, 5.41) is 68.3. The van der Waals surface area contributed by atoms with Crippen LogP contribution in [0, 0.1) is 143 Å². The summed E-state index contributed by atoms with van der Waals surface area (Å²) in [6.07, 6.45) is 0. The normalized spacial score (nSPS) is 14.7. The van der Waals surface area contributed by atoms with E-state index in [0.29, 0.717) is 6.92 Å². The molecule has 0 aromatic heterocycles. The molecule has 1 aliphatic rings. The van der Waals surface area contributed by atoms with E-state index in [1.807, 2.05) is 0 Å². The maximum absolute atomic E-state index is 15.5. The number of hydrogen-bond donors (Lipinski definition) is 0. The highest BCUT2D eigenvalue weighted by Crippen LogP contribution is 2.57. The van der Waals surface area contributed by atoms with Gasteiger partial charge in [-0.1, -0.05) is 0 Å². The van der Waals surface area contributed by atoms with Gasteiger partial charge in [-0.3, -0.25) is 10.1 Å². The maximum Gasteiger partial charge on any atom is 0.346 e. The molecule has 19 heteroatoms. The summed E-state index contributed by atoms with van der Waals surface area (Å²) in [5.41, 5.74) is -22.3. The summed E-state index contributed by atoms with van der Waals surface area (Å²) in [6, 6.07) is 6.30. The van der Waals surface area contributed by atoms with Crippen LogP contribution in [0.2, 0.25) is 0 Å². The van der Waals surface area contributed by atoms with Crippen LogP contribution in [0.25, 0.3) is 16.7 Å². The molecular formula is C31H3F10N7O2. The third-order valence-corrected chi connectivity index (χ3v) is 7.16. The number of nitriles is 6. The van der Waals surface area contributed by atoms with Crippen molar-refractivity contribution in [1.29, 1.82) is 31.6 Å². The Labute approximate surface area is 270 Å². The van der Waals surface area contributed by atoms with Gasteiger partial charge in [0.15, 0.2) is 40.7 Å². The molecule has 0 spiro atoms. The Morgan fingerprint density at radius 3 is 1.12 bits per heavy atom. The Morgan fingerprint density at radius 1 is 0.480 bits per heavy atom. The maximum atomic E-state index is 15.5. The third kappa shape index (κ3) is 4.83. The Balaban J connectivity index is 2.40. The molecule has 1 fully saturated rings. The summed E-state index contributed by atoms with van der Waals surface area (Å²) in [7, 11) is 0. The molecule has 1 aliphatic carbocycles. The highest BCUT2D eigenvalue weighted by atomic mass is 19.2. The molecular weight excluding hydrogens is 692 g/mol. The van der Waals surface area contributed by atoms with Crippen LogP contribution in [-0.2, 0) is 0 Å². The van der Waals surface area contributed by atoms with Crippen LogP contribution in [0.15, 0.2) is 16.7 Å². The molecule has 0 radical (unpaired) electrons. The number of halogens is 10. The van der Waals surface area contributed by atoms with E-state index in [4.69, 9.17) is 10.5 Å². The van der Waals surface area contributed by atoms with Crippen molar-refractivity contribution in [3.05, 3.63) is 124 Å². The van der Waals surface area contributed by atoms with E-state index in [1.54, 1.807) is 0 Å². The minimum atomic E-state index is -2.72. The number of allylic oxidation sites excluding steroid dienone is 6. The molecule has 0 unspecified atom stereocenters.